The van der Waals surface area contributed by atoms with Crippen molar-refractivity contribution in [1.29, 1.82) is 0 Å². The summed E-state index contributed by atoms with van der Waals surface area (Å²) in [4.78, 5) is 0. The van der Waals surface area contributed by atoms with Crippen LogP contribution in [-0.2, 0) is 6.42 Å². The third-order valence-corrected chi connectivity index (χ3v) is 2.80. The summed E-state index contributed by atoms with van der Waals surface area (Å²) < 4.78 is 0. The largest absolute Gasteiger partial charge is 0.388 e. The molecule has 0 aliphatic rings. The predicted octanol–water partition coefficient (Wildman–Crippen LogP) is 1.33. The van der Waals surface area contributed by atoms with Gasteiger partial charge in [0.25, 0.3) is 0 Å². The molecule has 5 heteroatoms. The van der Waals surface area contributed by atoms with Crippen LogP contribution in [0.1, 0.15) is 17.2 Å². The topological polar surface area (TPSA) is 74.9 Å². The molecule has 0 spiro atoms. The lowest BCUT2D eigenvalue weighted by Crippen LogP contribution is -2.02. The summed E-state index contributed by atoms with van der Waals surface area (Å²) in [6, 6.07) is 1.99. The minimum atomic E-state index is -0.580. The number of hydrogen-bond donors (Lipinski definition) is 3. The monoisotopic (exact) mass is 209 g/mol. The summed E-state index contributed by atoms with van der Waals surface area (Å²) in [6.45, 7) is 0. The van der Waals surface area contributed by atoms with Crippen LogP contribution in [0.4, 0.5) is 5.82 Å². The minimum absolute atomic E-state index is 0.438. The van der Waals surface area contributed by atoms with E-state index in [1.165, 1.54) is 0 Å². The number of nitrogen functional groups attached to an aromatic ring is 1. The van der Waals surface area contributed by atoms with Crippen LogP contribution in [0, 0.1) is 0 Å². The lowest BCUT2D eigenvalue weighted by atomic mass is 10.1. The Bertz CT molecular complexity index is 396. The number of aliphatic hydroxyl groups excluding tert-OH is 1. The van der Waals surface area contributed by atoms with Crippen molar-refractivity contribution in [2.75, 3.05) is 5.73 Å². The van der Waals surface area contributed by atoms with Gasteiger partial charge in [0.2, 0.25) is 0 Å². The minimum Gasteiger partial charge on any atom is -0.388 e. The van der Waals surface area contributed by atoms with E-state index in [2.05, 4.69) is 10.2 Å². The summed E-state index contributed by atoms with van der Waals surface area (Å²) in [5.74, 6) is 0.438. The molecule has 0 amide bonds. The van der Waals surface area contributed by atoms with Crippen LogP contribution in [0.25, 0.3) is 0 Å². The van der Waals surface area contributed by atoms with Crippen molar-refractivity contribution in [3.63, 3.8) is 0 Å². The van der Waals surface area contributed by atoms with E-state index in [0.29, 0.717) is 17.8 Å². The van der Waals surface area contributed by atoms with Crippen molar-refractivity contribution in [1.82, 2.24) is 10.2 Å². The van der Waals surface area contributed by atoms with Gasteiger partial charge >= 0.3 is 0 Å². The van der Waals surface area contributed by atoms with Crippen molar-refractivity contribution in [3.8, 4) is 0 Å². The van der Waals surface area contributed by atoms with Gasteiger partial charge < -0.3 is 10.8 Å². The Kier molecular flexibility index (Phi) is 2.51. The van der Waals surface area contributed by atoms with Crippen LogP contribution in [-0.4, -0.2) is 15.3 Å². The van der Waals surface area contributed by atoms with Gasteiger partial charge in [-0.05, 0) is 22.4 Å². The van der Waals surface area contributed by atoms with Gasteiger partial charge in [-0.15, -0.1) is 0 Å². The quantitative estimate of drug-likeness (QED) is 0.713. The lowest BCUT2D eigenvalue weighted by molar-refractivity contribution is 0.179. The Morgan fingerprint density at radius 1 is 1.64 bits per heavy atom. The van der Waals surface area contributed by atoms with E-state index in [1.54, 1.807) is 17.5 Å². The van der Waals surface area contributed by atoms with E-state index in [-0.39, 0.29) is 0 Å². The van der Waals surface area contributed by atoms with Gasteiger partial charge in [0, 0.05) is 12.0 Å². The summed E-state index contributed by atoms with van der Waals surface area (Å²) in [6.07, 6.45) is 1.56. The number of nitrogens with zero attached hydrogens (tertiary/aromatic N) is 1. The van der Waals surface area contributed by atoms with Gasteiger partial charge in [0.1, 0.15) is 5.82 Å². The average Bonchev–Trinajstić information content (AvgIpc) is 2.75. The highest BCUT2D eigenvalue weighted by atomic mass is 32.1. The van der Waals surface area contributed by atoms with Gasteiger partial charge in [-0.2, -0.15) is 16.4 Å². The van der Waals surface area contributed by atoms with E-state index in [9.17, 15) is 5.11 Å². The maximum absolute atomic E-state index is 9.83. The highest BCUT2D eigenvalue weighted by molar-refractivity contribution is 7.07. The Morgan fingerprint density at radius 3 is 3.07 bits per heavy atom. The maximum atomic E-state index is 9.83. The molecule has 4 N–H and O–H groups in total. The zero-order valence-electron chi connectivity index (χ0n) is 7.47. The fourth-order valence-corrected chi connectivity index (χ4v) is 1.99. The number of anilines is 1. The lowest BCUT2D eigenvalue weighted by Gasteiger charge is -2.07. The molecule has 0 bridgehead atoms. The first-order valence-electron chi connectivity index (χ1n) is 4.25. The van der Waals surface area contributed by atoms with Crippen LogP contribution in [0.15, 0.2) is 23.0 Å². The molecule has 0 aliphatic heterocycles. The summed E-state index contributed by atoms with van der Waals surface area (Å²) in [5.41, 5.74) is 7.37. The summed E-state index contributed by atoms with van der Waals surface area (Å²) in [7, 11) is 0. The first-order chi connectivity index (χ1) is 6.77. The Labute approximate surface area is 85.4 Å². The Morgan fingerprint density at radius 2 is 2.50 bits per heavy atom. The number of rotatable bonds is 3. The molecule has 0 aliphatic carbocycles. The molecule has 4 nitrogen and oxygen atoms in total. The molecule has 2 aromatic heterocycles. The van der Waals surface area contributed by atoms with E-state index in [0.717, 1.165) is 5.56 Å². The van der Waals surface area contributed by atoms with Gasteiger partial charge in [0.05, 0.1) is 12.3 Å². The van der Waals surface area contributed by atoms with Crippen LogP contribution in [0.3, 0.4) is 0 Å². The van der Waals surface area contributed by atoms with Crippen molar-refractivity contribution in [2.24, 2.45) is 0 Å². The predicted molar refractivity (Wildman–Crippen MR) is 56.0 cm³/mol. The highest BCUT2D eigenvalue weighted by Crippen LogP contribution is 2.22. The highest BCUT2D eigenvalue weighted by Gasteiger charge is 2.13. The fraction of sp³-hybridized carbons (Fsp3) is 0.222. The molecular formula is C9H11N3OS. The van der Waals surface area contributed by atoms with Crippen molar-refractivity contribution < 1.29 is 5.11 Å². The maximum Gasteiger partial charge on any atom is 0.124 e. The van der Waals surface area contributed by atoms with E-state index in [1.807, 2.05) is 16.8 Å². The normalized spacial score (nSPS) is 12.9. The molecule has 2 aromatic rings. The van der Waals surface area contributed by atoms with Crippen molar-refractivity contribution in [3.05, 3.63) is 34.2 Å². The average molecular weight is 209 g/mol. The third kappa shape index (κ3) is 1.78. The molecule has 74 valence electrons. The number of aromatic amines is 1. The molecule has 0 fully saturated rings. The number of aromatic nitrogens is 2. The first kappa shape index (κ1) is 9.23. The number of hydrogen-bond acceptors (Lipinski definition) is 4. The third-order valence-electron chi connectivity index (χ3n) is 2.07. The van der Waals surface area contributed by atoms with E-state index >= 15 is 0 Å². The fourth-order valence-electron chi connectivity index (χ4n) is 1.31. The zero-order chi connectivity index (χ0) is 9.97. The molecule has 2 rings (SSSR count). The van der Waals surface area contributed by atoms with Crippen LogP contribution in [0.5, 0.6) is 0 Å². The van der Waals surface area contributed by atoms with Crippen LogP contribution >= 0.6 is 11.3 Å². The molecule has 0 saturated heterocycles. The number of H-pyrrole nitrogens is 1. The second-order valence-electron chi connectivity index (χ2n) is 3.09. The number of nitrogens with two attached hydrogens (primary N) is 1. The van der Waals surface area contributed by atoms with Crippen molar-refractivity contribution in [2.45, 2.75) is 12.5 Å². The molecule has 2 heterocycles. The Balaban J connectivity index is 2.10. The van der Waals surface area contributed by atoms with E-state index < -0.39 is 6.10 Å². The summed E-state index contributed by atoms with van der Waals surface area (Å²) in [5, 5.41) is 20.2. The second kappa shape index (κ2) is 3.81. The van der Waals surface area contributed by atoms with Crippen LogP contribution < -0.4 is 5.73 Å². The van der Waals surface area contributed by atoms with Gasteiger partial charge in [0.15, 0.2) is 0 Å². The Hall–Kier alpha value is -1.33. The molecule has 1 unspecified atom stereocenters. The second-order valence-corrected chi connectivity index (χ2v) is 3.87. The van der Waals surface area contributed by atoms with Crippen molar-refractivity contribution >= 4 is 17.2 Å². The standard InChI is InChI=1S/C9H11N3OS/c10-9-7(4-11-12-9)8(13)3-6-1-2-14-5-6/h1-2,4-5,8,13H,3H2,(H3,10,11,12). The molecule has 1 atom stereocenters. The van der Waals surface area contributed by atoms with Crippen LogP contribution in [0.2, 0.25) is 0 Å². The van der Waals surface area contributed by atoms with Gasteiger partial charge in [-0.1, -0.05) is 0 Å². The van der Waals surface area contributed by atoms with Gasteiger partial charge in [-0.25, -0.2) is 0 Å². The number of thiophene rings is 1. The molecule has 0 radical (unpaired) electrons. The summed E-state index contributed by atoms with van der Waals surface area (Å²) >= 11 is 1.62. The zero-order valence-corrected chi connectivity index (χ0v) is 8.29. The SMILES string of the molecule is Nc1[nH]ncc1C(O)Cc1ccsc1. The molecule has 0 saturated carbocycles. The first-order valence-corrected chi connectivity index (χ1v) is 5.19. The number of nitrogens with one attached hydrogen (secondary N) is 1. The smallest absolute Gasteiger partial charge is 0.124 e. The van der Waals surface area contributed by atoms with E-state index in [4.69, 9.17) is 5.73 Å². The molecule has 14 heavy (non-hydrogen) atoms. The molecule has 0 aromatic carbocycles. The molecular weight excluding hydrogens is 198 g/mol. The van der Waals surface area contributed by atoms with Gasteiger partial charge in [-0.3, -0.25) is 5.10 Å². The number of aliphatic hydroxyl groups is 1.